The predicted molar refractivity (Wildman–Crippen MR) is 77.9 cm³/mol. The number of aryl methyl sites for hydroxylation is 1. The Balaban J connectivity index is 1.89. The Morgan fingerprint density at radius 2 is 1.86 bits per heavy atom. The molecule has 3 aromatic rings. The molecule has 3 rings (SSSR count). The van der Waals surface area contributed by atoms with Crippen LogP contribution in [-0.4, -0.2) is 24.7 Å². The van der Waals surface area contributed by atoms with E-state index in [1.807, 2.05) is 30.3 Å². The smallest absolute Gasteiger partial charge is 0.342 e. The van der Waals surface area contributed by atoms with Gasteiger partial charge in [-0.05, 0) is 26.0 Å². The van der Waals surface area contributed by atoms with Gasteiger partial charge in [-0.25, -0.2) is 9.67 Å². The molecule has 0 radical (unpaired) electrons. The topological polar surface area (TPSA) is 65.7 Å². The van der Waals surface area contributed by atoms with Crippen molar-refractivity contribution in [1.82, 2.24) is 24.7 Å². The first-order valence-corrected chi connectivity index (χ1v) is 6.67. The van der Waals surface area contributed by atoms with Crippen LogP contribution in [0.4, 0.5) is 0 Å². The number of nitrogens with zero attached hydrogens (tertiary/aromatic N) is 5. The Morgan fingerprint density at radius 3 is 2.62 bits per heavy atom. The summed E-state index contributed by atoms with van der Waals surface area (Å²) in [5.74, 6) is 0.890. The van der Waals surface area contributed by atoms with Crippen LogP contribution in [0.15, 0.2) is 36.7 Å². The normalized spacial score (nSPS) is 10.6. The van der Waals surface area contributed by atoms with Crippen LogP contribution in [0, 0.1) is 13.8 Å². The molecule has 0 amide bonds. The lowest BCUT2D eigenvalue weighted by molar-refractivity contribution is 0.419. The molecule has 1 aromatic carbocycles. The van der Waals surface area contributed by atoms with Gasteiger partial charge in [0, 0.05) is 5.56 Å². The summed E-state index contributed by atoms with van der Waals surface area (Å²) in [6, 6.07) is 9.85. The lowest BCUT2D eigenvalue weighted by Gasteiger charge is -2.06. The summed E-state index contributed by atoms with van der Waals surface area (Å²) in [6.45, 7) is 3.53. The minimum Gasteiger partial charge on any atom is -0.404 e. The lowest BCUT2D eigenvalue weighted by atomic mass is 10.3. The lowest BCUT2D eigenvalue weighted by Crippen LogP contribution is -1.99. The molecule has 0 aliphatic carbocycles. The van der Waals surface area contributed by atoms with Crippen LogP contribution in [0.1, 0.15) is 11.4 Å². The minimum absolute atomic E-state index is 0.205. The third-order valence-electron chi connectivity index (χ3n) is 2.83. The standard InChI is InChI=1S/C14H12ClN5O/c1-9-12(15)17-10(2)18-13(9)21-14-16-8-20(19-14)11-6-4-3-5-7-11/h3-8H,1-2H3. The van der Waals surface area contributed by atoms with Crippen LogP contribution in [0.2, 0.25) is 5.15 Å². The SMILES string of the molecule is Cc1nc(Cl)c(C)c(Oc2ncn(-c3ccccc3)n2)n1. The number of benzene rings is 1. The fourth-order valence-corrected chi connectivity index (χ4v) is 1.96. The van der Waals surface area contributed by atoms with Crippen LogP contribution in [0.3, 0.4) is 0 Å². The zero-order valence-electron chi connectivity index (χ0n) is 11.5. The third kappa shape index (κ3) is 2.85. The van der Waals surface area contributed by atoms with E-state index in [0.717, 1.165) is 5.69 Å². The van der Waals surface area contributed by atoms with Gasteiger partial charge >= 0.3 is 6.01 Å². The first-order valence-electron chi connectivity index (χ1n) is 6.29. The van der Waals surface area contributed by atoms with Crippen molar-refractivity contribution >= 4 is 11.6 Å². The fourth-order valence-electron chi connectivity index (χ4n) is 1.76. The summed E-state index contributed by atoms with van der Waals surface area (Å²) in [7, 11) is 0. The number of hydrogen-bond acceptors (Lipinski definition) is 5. The first-order chi connectivity index (χ1) is 10.1. The molecular weight excluding hydrogens is 290 g/mol. The van der Waals surface area contributed by atoms with Gasteiger partial charge in [0.25, 0.3) is 0 Å². The van der Waals surface area contributed by atoms with E-state index < -0.39 is 0 Å². The zero-order valence-corrected chi connectivity index (χ0v) is 12.2. The summed E-state index contributed by atoms with van der Waals surface area (Å²) in [5, 5.41) is 4.62. The molecule has 0 bridgehead atoms. The summed E-state index contributed by atoms with van der Waals surface area (Å²) in [4.78, 5) is 12.4. The highest BCUT2D eigenvalue weighted by molar-refractivity contribution is 6.30. The number of aromatic nitrogens is 5. The first kappa shape index (κ1) is 13.5. The molecule has 0 unspecified atom stereocenters. The molecule has 2 aromatic heterocycles. The second kappa shape index (κ2) is 5.49. The van der Waals surface area contributed by atoms with E-state index in [1.54, 1.807) is 24.9 Å². The molecule has 21 heavy (non-hydrogen) atoms. The molecule has 2 heterocycles. The largest absolute Gasteiger partial charge is 0.404 e. The van der Waals surface area contributed by atoms with E-state index in [9.17, 15) is 0 Å². The molecule has 0 fully saturated rings. The van der Waals surface area contributed by atoms with Crippen LogP contribution in [0.5, 0.6) is 11.9 Å². The van der Waals surface area contributed by atoms with Crippen molar-refractivity contribution in [2.24, 2.45) is 0 Å². The Labute approximate surface area is 126 Å². The quantitative estimate of drug-likeness (QED) is 0.695. The van der Waals surface area contributed by atoms with Gasteiger partial charge in [-0.2, -0.15) is 9.97 Å². The number of halogens is 1. The summed E-state index contributed by atoms with van der Waals surface area (Å²) in [5.41, 5.74) is 1.55. The molecule has 6 nitrogen and oxygen atoms in total. The molecule has 0 saturated heterocycles. The number of ether oxygens (including phenoxy) is 1. The van der Waals surface area contributed by atoms with E-state index in [2.05, 4.69) is 20.1 Å². The van der Waals surface area contributed by atoms with Gasteiger partial charge in [-0.15, -0.1) is 5.10 Å². The molecule has 0 aliphatic rings. The highest BCUT2D eigenvalue weighted by atomic mass is 35.5. The molecule has 106 valence electrons. The van der Waals surface area contributed by atoms with E-state index in [-0.39, 0.29) is 6.01 Å². The number of para-hydroxylation sites is 1. The van der Waals surface area contributed by atoms with Gasteiger partial charge < -0.3 is 4.74 Å². The van der Waals surface area contributed by atoms with Crippen LogP contribution >= 0.6 is 11.6 Å². The van der Waals surface area contributed by atoms with Crippen LogP contribution in [-0.2, 0) is 0 Å². The fraction of sp³-hybridized carbons (Fsp3) is 0.143. The molecule has 0 N–H and O–H groups in total. The van der Waals surface area contributed by atoms with Crippen LogP contribution in [0.25, 0.3) is 5.69 Å². The highest BCUT2D eigenvalue weighted by Crippen LogP contribution is 2.25. The monoisotopic (exact) mass is 301 g/mol. The van der Waals surface area contributed by atoms with Crippen molar-refractivity contribution in [3.05, 3.63) is 53.2 Å². The van der Waals surface area contributed by atoms with E-state index in [4.69, 9.17) is 16.3 Å². The molecule has 0 aliphatic heterocycles. The average molecular weight is 302 g/mol. The van der Waals surface area contributed by atoms with Crippen molar-refractivity contribution in [1.29, 1.82) is 0 Å². The van der Waals surface area contributed by atoms with Crippen molar-refractivity contribution < 1.29 is 4.74 Å². The van der Waals surface area contributed by atoms with Gasteiger partial charge in [-0.1, -0.05) is 29.8 Å². The minimum atomic E-state index is 0.205. The molecule has 7 heteroatoms. The Kier molecular flexibility index (Phi) is 3.53. The van der Waals surface area contributed by atoms with Crippen LogP contribution < -0.4 is 4.74 Å². The molecule has 0 spiro atoms. The van der Waals surface area contributed by atoms with E-state index in [0.29, 0.717) is 22.4 Å². The maximum atomic E-state index is 6.01. The van der Waals surface area contributed by atoms with Crippen molar-refractivity contribution in [2.75, 3.05) is 0 Å². The van der Waals surface area contributed by atoms with Crippen molar-refractivity contribution in [3.8, 4) is 17.6 Å². The Morgan fingerprint density at radius 1 is 1.10 bits per heavy atom. The van der Waals surface area contributed by atoms with Gasteiger partial charge in [0.1, 0.15) is 17.3 Å². The molecular formula is C14H12ClN5O. The maximum Gasteiger partial charge on any atom is 0.342 e. The summed E-state index contributed by atoms with van der Waals surface area (Å²) >= 11 is 6.01. The Bertz CT molecular complexity index is 772. The van der Waals surface area contributed by atoms with E-state index in [1.165, 1.54) is 0 Å². The predicted octanol–water partition coefficient (Wildman–Crippen LogP) is 3.12. The zero-order chi connectivity index (χ0) is 14.8. The van der Waals surface area contributed by atoms with E-state index >= 15 is 0 Å². The van der Waals surface area contributed by atoms with Crippen molar-refractivity contribution in [2.45, 2.75) is 13.8 Å². The van der Waals surface area contributed by atoms with Gasteiger partial charge in [0.2, 0.25) is 5.88 Å². The van der Waals surface area contributed by atoms with Crippen molar-refractivity contribution in [3.63, 3.8) is 0 Å². The second-order valence-electron chi connectivity index (χ2n) is 4.40. The molecule has 0 saturated carbocycles. The van der Waals surface area contributed by atoms with Gasteiger partial charge in [-0.3, -0.25) is 0 Å². The van der Waals surface area contributed by atoms with Gasteiger partial charge in [0.15, 0.2) is 0 Å². The van der Waals surface area contributed by atoms with Gasteiger partial charge in [0.05, 0.1) is 5.69 Å². The molecule has 0 atom stereocenters. The summed E-state index contributed by atoms with van der Waals surface area (Å²) < 4.78 is 7.22. The maximum absolute atomic E-state index is 6.01. The Hall–Kier alpha value is -2.47. The average Bonchev–Trinajstić information content (AvgIpc) is 2.94. The second-order valence-corrected chi connectivity index (χ2v) is 4.76. The number of hydrogen-bond donors (Lipinski definition) is 0. The third-order valence-corrected chi connectivity index (χ3v) is 3.20. The summed E-state index contributed by atoms with van der Waals surface area (Å²) in [6.07, 6.45) is 1.58. The highest BCUT2D eigenvalue weighted by Gasteiger charge is 2.12. The number of rotatable bonds is 3.